The van der Waals surface area contributed by atoms with Crippen LogP contribution >= 0.6 is 24.8 Å². The molecule has 0 radical (unpaired) electrons. The molecule has 3 heterocycles. The number of aromatic nitrogens is 3. The summed E-state index contributed by atoms with van der Waals surface area (Å²) in [5.41, 5.74) is 2.73. The number of nitrogens with zero attached hydrogens (tertiary/aromatic N) is 3. The number of fused-ring (bicyclic) bond motifs is 1. The zero-order valence-corrected chi connectivity index (χ0v) is 15.5. The Bertz CT molecular complexity index is 670. The van der Waals surface area contributed by atoms with Crippen molar-refractivity contribution in [2.24, 2.45) is 0 Å². The highest BCUT2D eigenvalue weighted by Gasteiger charge is 2.30. The summed E-state index contributed by atoms with van der Waals surface area (Å²) in [4.78, 5) is 21.7. The Balaban J connectivity index is 0.00000144. The van der Waals surface area contributed by atoms with Crippen molar-refractivity contribution in [3.63, 3.8) is 0 Å². The summed E-state index contributed by atoms with van der Waals surface area (Å²) in [6.45, 7) is 5.28. The van der Waals surface area contributed by atoms with E-state index in [-0.39, 0.29) is 30.7 Å². The van der Waals surface area contributed by atoms with Crippen molar-refractivity contribution < 1.29 is 9.32 Å². The molecule has 2 aromatic heterocycles. The second kappa shape index (κ2) is 8.50. The van der Waals surface area contributed by atoms with Crippen LogP contribution in [0, 0.1) is 0 Å². The Labute approximate surface area is 153 Å². The summed E-state index contributed by atoms with van der Waals surface area (Å²) in [5.74, 6) is 0.985. The number of carbonyl (C=O) groups is 1. The lowest BCUT2D eigenvalue weighted by molar-refractivity contribution is -0.133. The van der Waals surface area contributed by atoms with E-state index in [1.165, 1.54) is 0 Å². The number of rotatable bonds is 4. The van der Waals surface area contributed by atoms with E-state index in [0.29, 0.717) is 18.2 Å². The van der Waals surface area contributed by atoms with Crippen molar-refractivity contribution in [3.8, 4) is 0 Å². The maximum atomic E-state index is 12.7. The molecule has 1 unspecified atom stereocenters. The molecule has 24 heavy (non-hydrogen) atoms. The van der Waals surface area contributed by atoms with Crippen molar-refractivity contribution in [3.05, 3.63) is 35.2 Å². The minimum Gasteiger partial charge on any atom is -0.359 e. The van der Waals surface area contributed by atoms with E-state index in [1.807, 2.05) is 6.07 Å². The smallest absolute Gasteiger partial charge is 0.246 e. The Morgan fingerprint density at radius 3 is 2.88 bits per heavy atom. The third-order valence-corrected chi connectivity index (χ3v) is 3.93. The molecular formula is C15H23Cl2N5O2. The molecule has 9 heteroatoms. The fourth-order valence-corrected chi connectivity index (χ4v) is 2.63. The van der Waals surface area contributed by atoms with Crippen molar-refractivity contribution in [2.75, 3.05) is 13.6 Å². The molecule has 7 nitrogen and oxygen atoms in total. The van der Waals surface area contributed by atoms with E-state index in [1.54, 1.807) is 18.3 Å². The lowest BCUT2D eigenvalue weighted by Gasteiger charge is -2.26. The average molecular weight is 376 g/mol. The molecule has 0 saturated heterocycles. The first-order valence-corrected chi connectivity index (χ1v) is 7.52. The molecule has 134 valence electrons. The van der Waals surface area contributed by atoms with Crippen LogP contribution in [0.5, 0.6) is 0 Å². The summed E-state index contributed by atoms with van der Waals surface area (Å²) >= 11 is 0. The Kier molecular flexibility index (Phi) is 7.26. The van der Waals surface area contributed by atoms with Gasteiger partial charge in [0.25, 0.3) is 0 Å². The lowest BCUT2D eigenvalue weighted by Crippen LogP contribution is -2.42. The average Bonchev–Trinajstić information content (AvgIpc) is 3.14. The summed E-state index contributed by atoms with van der Waals surface area (Å²) in [6.07, 6.45) is 2.51. The van der Waals surface area contributed by atoms with Crippen molar-refractivity contribution in [2.45, 2.75) is 38.8 Å². The van der Waals surface area contributed by atoms with Crippen LogP contribution in [0.4, 0.5) is 0 Å². The summed E-state index contributed by atoms with van der Waals surface area (Å²) < 4.78 is 5.30. The molecule has 1 aliphatic heterocycles. The summed E-state index contributed by atoms with van der Waals surface area (Å²) in [5, 5.41) is 7.25. The molecule has 0 saturated carbocycles. The van der Waals surface area contributed by atoms with Gasteiger partial charge in [-0.2, -0.15) is 0 Å². The molecule has 0 aliphatic carbocycles. The van der Waals surface area contributed by atoms with Gasteiger partial charge in [0.1, 0.15) is 6.04 Å². The largest absolute Gasteiger partial charge is 0.359 e. The van der Waals surface area contributed by atoms with E-state index in [0.717, 1.165) is 30.0 Å². The lowest BCUT2D eigenvalue weighted by atomic mass is 10.0. The van der Waals surface area contributed by atoms with E-state index in [2.05, 4.69) is 34.3 Å². The van der Waals surface area contributed by atoms with Crippen LogP contribution in [0.15, 0.2) is 16.9 Å². The number of halogens is 2. The molecule has 3 rings (SSSR count). The Morgan fingerprint density at radius 1 is 1.46 bits per heavy atom. The van der Waals surface area contributed by atoms with Crippen LogP contribution in [0.1, 0.15) is 48.6 Å². The third-order valence-electron chi connectivity index (χ3n) is 3.93. The van der Waals surface area contributed by atoms with Gasteiger partial charge < -0.3 is 19.7 Å². The zero-order chi connectivity index (χ0) is 15.7. The number of amides is 1. The van der Waals surface area contributed by atoms with Crippen LogP contribution in [-0.2, 0) is 17.8 Å². The number of likely N-dealkylation sites (N-methyl/N-ethyl adjacent to an activating group) is 1. The predicted octanol–water partition coefficient (Wildman–Crippen LogP) is 2.21. The fourth-order valence-electron chi connectivity index (χ4n) is 2.63. The van der Waals surface area contributed by atoms with Gasteiger partial charge in [-0.1, -0.05) is 19.0 Å². The van der Waals surface area contributed by atoms with Crippen LogP contribution in [0.25, 0.3) is 0 Å². The SMILES string of the molecule is CC(C)c1cc(CN(C)C(=O)C2NCCc3[nH]cnc32)on1.Cl.Cl. The molecule has 0 spiro atoms. The van der Waals surface area contributed by atoms with E-state index < -0.39 is 6.04 Å². The summed E-state index contributed by atoms with van der Waals surface area (Å²) in [7, 11) is 1.77. The van der Waals surface area contributed by atoms with E-state index >= 15 is 0 Å². The van der Waals surface area contributed by atoms with Gasteiger partial charge in [-0.3, -0.25) is 4.79 Å². The van der Waals surface area contributed by atoms with Crippen LogP contribution in [0.2, 0.25) is 0 Å². The first-order valence-electron chi connectivity index (χ1n) is 7.52. The standard InChI is InChI=1S/C15H21N5O2.2ClH/c1-9(2)12-6-10(22-19-12)7-20(3)15(21)14-13-11(4-5-16-14)17-8-18-13;;/h6,8-9,14,16H,4-5,7H2,1-3H3,(H,17,18);2*1H. The Morgan fingerprint density at radius 2 is 2.21 bits per heavy atom. The van der Waals surface area contributed by atoms with E-state index in [4.69, 9.17) is 4.52 Å². The highest BCUT2D eigenvalue weighted by Crippen LogP contribution is 2.22. The summed E-state index contributed by atoms with van der Waals surface area (Å²) in [6, 6.07) is 1.51. The number of aromatic amines is 1. The fraction of sp³-hybridized carbons (Fsp3) is 0.533. The number of carbonyl (C=O) groups excluding carboxylic acids is 1. The second-order valence-electron chi connectivity index (χ2n) is 5.97. The van der Waals surface area contributed by atoms with Crippen molar-refractivity contribution in [1.29, 1.82) is 0 Å². The van der Waals surface area contributed by atoms with Gasteiger partial charge in [0, 0.05) is 31.8 Å². The third kappa shape index (κ3) is 4.09. The number of imidazole rings is 1. The van der Waals surface area contributed by atoms with Gasteiger partial charge >= 0.3 is 0 Å². The van der Waals surface area contributed by atoms with Crippen LogP contribution in [-0.4, -0.2) is 39.5 Å². The van der Waals surface area contributed by atoms with Gasteiger partial charge in [0.05, 0.1) is 24.3 Å². The highest BCUT2D eigenvalue weighted by atomic mass is 35.5. The number of hydrogen-bond acceptors (Lipinski definition) is 5. The van der Waals surface area contributed by atoms with Gasteiger partial charge in [0.2, 0.25) is 5.91 Å². The minimum atomic E-state index is -0.396. The van der Waals surface area contributed by atoms with Gasteiger partial charge in [-0.15, -0.1) is 24.8 Å². The maximum Gasteiger partial charge on any atom is 0.246 e. The van der Waals surface area contributed by atoms with Crippen LogP contribution in [0.3, 0.4) is 0 Å². The van der Waals surface area contributed by atoms with Gasteiger partial charge in [-0.25, -0.2) is 4.98 Å². The highest BCUT2D eigenvalue weighted by molar-refractivity contribution is 5.85. The first kappa shape index (κ1) is 20.5. The Hall–Kier alpha value is -1.57. The maximum absolute atomic E-state index is 12.7. The molecule has 1 amide bonds. The monoisotopic (exact) mass is 375 g/mol. The van der Waals surface area contributed by atoms with Gasteiger partial charge in [-0.05, 0) is 5.92 Å². The van der Waals surface area contributed by atoms with Crippen molar-refractivity contribution >= 4 is 30.7 Å². The number of hydrogen-bond donors (Lipinski definition) is 2. The second-order valence-corrected chi connectivity index (χ2v) is 5.97. The molecular weight excluding hydrogens is 353 g/mol. The van der Waals surface area contributed by atoms with Gasteiger partial charge in [0.15, 0.2) is 5.76 Å². The minimum absolute atomic E-state index is 0. The molecule has 1 atom stereocenters. The molecule has 1 aliphatic rings. The molecule has 2 N–H and O–H groups in total. The topological polar surface area (TPSA) is 87.0 Å². The zero-order valence-electron chi connectivity index (χ0n) is 13.9. The normalized spacial score (nSPS) is 16.1. The van der Waals surface area contributed by atoms with E-state index in [9.17, 15) is 4.79 Å². The molecule has 0 fully saturated rings. The predicted molar refractivity (Wildman–Crippen MR) is 94.6 cm³/mol. The molecule has 0 aromatic carbocycles. The quantitative estimate of drug-likeness (QED) is 0.855. The number of nitrogens with one attached hydrogen (secondary N) is 2. The molecule has 0 bridgehead atoms. The van der Waals surface area contributed by atoms with Crippen molar-refractivity contribution in [1.82, 2.24) is 25.3 Å². The molecule has 2 aromatic rings. The first-order chi connectivity index (χ1) is 10.6. The van der Waals surface area contributed by atoms with Crippen LogP contribution < -0.4 is 5.32 Å². The number of H-pyrrole nitrogens is 1.